The summed E-state index contributed by atoms with van der Waals surface area (Å²) >= 11 is 12.2. The van der Waals surface area contributed by atoms with E-state index in [4.69, 9.17) is 28.9 Å². The lowest BCUT2D eigenvalue weighted by molar-refractivity contribution is 0.751. The zero-order chi connectivity index (χ0) is 14.6. The maximum Gasteiger partial charge on any atom is 0.201 e. The monoisotopic (exact) mass is 317 g/mol. The van der Waals surface area contributed by atoms with Crippen LogP contribution in [0.1, 0.15) is 23.9 Å². The van der Waals surface area contributed by atoms with Crippen molar-refractivity contribution in [3.8, 4) is 0 Å². The summed E-state index contributed by atoms with van der Waals surface area (Å²) in [5, 5.41) is 1.03. The van der Waals surface area contributed by atoms with Crippen molar-refractivity contribution in [3.05, 3.63) is 58.1 Å². The first-order chi connectivity index (χ1) is 10.1. The first-order valence-corrected chi connectivity index (χ1v) is 7.58. The smallest absolute Gasteiger partial charge is 0.201 e. The Bertz CT molecular complexity index is 826. The maximum absolute atomic E-state index is 6.13. The molecule has 21 heavy (non-hydrogen) atoms. The Labute approximate surface area is 132 Å². The van der Waals surface area contributed by atoms with E-state index in [0.717, 1.165) is 17.5 Å². The molecule has 0 radical (unpaired) electrons. The van der Waals surface area contributed by atoms with Crippen LogP contribution in [0.15, 0.2) is 42.5 Å². The molecule has 3 nitrogen and oxygen atoms in total. The molecule has 1 fully saturated rings. The summed E-state index contributed by atoms with van der Waals surface area (Å²) in [6.45, 7) is 0. The molecule has 1 aromatic heterocycles. The Morgan fingerprint density at radius 3 is 2.57 bits per heavy atom. The number of imidazole rings is 1. The van der Waals surface area contributed by atoms with Crippen molar-refractivity contribution in [2.45, 2.75) is 18.4 Å². The molecule has 106 valence electrons. The molecule has 0 aliphatic heterocycles. The molecule has 2 atom stereocenters. The van der Waals surface area contributed by atoms with Crippen LogP contribution in [0.2, 0.25) is 10.0 Å². The van der Waals surface area contributed by atoms with Gasteiger partial charge >= 0.3 is 0 Å². The molecule has 0 bridgehead atoms. The number of rotatable bonds is 2. The number of nitrogens with zero attached hydrogens (tertiary/aromatic N) is 2. The Morgan fingerprint density at radius 1 is 1.10 bits per heavy atom. The highest BCUT2D eigenvalue weighted by atomic mass is 35.5. The molecule has 5 heteroatoms. The Morgan fingerprint density at radius 2 is 1.81 bits per heavy atom. The SMILES string of the molecule is Nc1nc2cc(Cl)c(Cl)cc2n1C1CC1c1ccccc1. The number of aromatic nitrogens is 2. The molecule has 2 aromatic carbocycles. The molecule has 1 heterocycles. The number of nitrogen functional groups attached to an aromatic ring is 1. The van der Waals surface area contributed by atoms with Crippen LogP contribution in [0.3, 0.4) is 0 Å². The zero-order valence-corrected chi connectivity index (χ0v) is 12.6. The van der Waals surface area contributed by atoms with Gasteiger partial charge in [-0.15, -0.1) is 0 Å². The van der Waals surface area contributed by atoms with Crippen LogP contribution in [-0.4, -0.2) is 9.55 Å². The second kappa shape index (κ2) is 4.65. The van der Waals surface area contributed by atoms with Crippen molar-refractivity contribution >= 4 is 40.2 Å². The third kappa shape index (κ3) is 2.08. The highest BCUT2D eigenvalue weighted by molar-refractivity contribution is 6.42. The van der Waals surface area contributed by atoms with E-state index in [1.807, 2.05) is 12.1 Å². The number of fused-ring (bicyclic) bond motifs is 1. The van der Waals surface area contributed by atoms with Gasteiger partial charge in [-0.3, -0.25) is 0 Å². The van der Waals surface area contributed by atoms with Gasteiger partial charge in [0.25, 0.3) is 0 Å². The van der Waals surface area contributed by atoms with Crippen LogP contribution in [-0.2, 0) is 0 Å². The fourth-order valence-electron chi connectivity index (χ4n) is 2.98. The molecule has 2 N–H and O–H groups in total. The standard InChI is InChI=1S/C16H13Cl2N3/c17-11-7-13-15(8-12(11)18)21(16(19)20-13)14-6-10(14)9-4-2-1-3-5-9/h1-5,7-8,10,14H,6H2,(H2,19,20). The molecule has 1 saturated carbocycles. The summed E-state index contributed by atoms with van der Waals surface area (Å²) in [4.78, 5) is 4.40. The van der Waals surface area contributed by atoms with E-state index in [-0.39, 0.29) is 0 Å². The lowest BCUT2D eigenvalue weighted by Crippen LogP contribution is -2.02. The molecule has 0 spiro atoms. The summed E-state index contributed by atoms with van der Waals surface area (Å²) in [6, 6.07) is 14.4. The van der Waals surface area contributed by atoms with Crippen molar-refractivity contribution in [1.29, 1.82) is 0 Å². The third-order valence-electron chi connectivity index (χ3n) is 4.07. The van der Waals surface area contributed by atoms with Crippen LogP contribution in [0.25, 0.3) is 11.0 Å². The van der Waals surface area contributed by atoms with E-state index in [1.165, 1.54) is 5.56 Å². The van der Waals surface area contributed by atoms with Gasteiger partial charge in [0.1, 0.15) is 0 Å². The van der Waals surface area contributed by atoms with Gasteiger partial charge in [-0.1, -0.05) is 53.5 Å². The van der Waals surface area contributed by atoms with Gasteiger partial charge < -0.3 is 10.3 Å². The van der Waals surface area contributed by atoms with Gasteiger partial charge in [-0.25, -0.2) is 4.98 Å². The highest BCUT2D eigenvalue weighted by Gasteiger charge is 2.41. The van der Waals surface area contributed by atoms with Crippen molar-refractivity contribution in [1.82, 2.24) is 9.55 Å². The first-order valence-electron chi connectivity index (χ1n) is 6.82. The topological polar surface area (TPSA) is 43.8 Å². The van der Waals surface area contributed by atoms with Crippen molar-refractivity contribution < 1.29 is 0 Å². The molecule has 0 saturated heterocycles. The van der Waals surface area contributed by atoms with Gasteiger partial charge in [0.15, 0.2) is 0 Å². The summed E-state index contributed by atoms with van der Waals surface area (Å²) in [5.41, 5.74) is 9.18. The average Bonchev–Trinajstić information content (AvgIpc) is 3.19. The number of anilines is 1. The van der Waals surface area contributed by atoms with Crippen LogP contribution in [0.5, 0.6) is 0 Å². The molecule has 1 aliphatic rings. The minimum Gasteiger partial charge on any atom is -0.369 e. The van der Waals surface area contributed by atoms with Gasteiger partial charge in [0, 0.05) is 12.0 Å². The van der Waals surface area contributed by atoms with E-state index in [2.05, 4.69) is 33.8 Å². The van der Waals surface area contributed by atoms with E-state index < -0.39 is 0 Å². The molecule has 3 aromatic rings. The van der Waals surface area contributed by atoms with E-state index in [9.17, 15) is 0 Å². The molecule has 4 rings (SSSR count). The summed E-state index contributed by atoms with van der Waals surface area (Å²) in [7, 11) is 0. The first kappa shape index (κ1) is 13.0. The summed E-state index contributed by atoms with van der Waals surface area (Å²) in [5.74, 6) is 1.01. The summed E-state index contributed by atoms with van der Waals surface area (Å²) in [6.07, 6.45) is 1.07. The van der Waals surface area contributed by atoms with Crippen LogP contribution in [0, 0.1) is 0 Å². The molecule has 1 aliphatic carbocycles. The fourth-order valence-corrected chi connectivity index (χ4v) is 3.30. The molecule has 2 unspecified atom stereocenters. The van der Waals surface area contributed by atoms with Gasteiger partial charge in [0.2, 0.25) is 5.95 Å². The van der Waals surface area contributed by atoms with Gasteiger partial charge in [-0.05, 0) is 24.1 Å². The van der Waals surface area contributed by atoms with E-state index in [0.29, 0.717) is 28.0 Å². The van der Waals surface area contributed by atoms with Crippen molar-refractivity contribution in [2.24, 2.45) is 0 Å². The predicted molar refractivity (Wildman–Crippen MR) is 87.0 cm³/mol. The number of nitrogens with two attached hydrogens (primary N) is 1. The largest absolute Gasteiger partial charge is 0.369 e. The zero-order valence-electron chi connectivity index (χ0n) is 11.1. The second-order valence-corrected chi connectivity index (χ2v) is 6.23. The molecular weight excluding hydrogens is 305 g/mol. The second-order valence-electron chi connectivity index (χ2n) is 5.42. The summed E-state index contributed by atoms with van der Waals surface area (Å²) < 4.78 is 2.08. The molecule has 0 amide bonds. The maximum atomic E-state index is 6.13. The third-order valence-corrected chi connectivity index (χ3v) is 4.80. The average molecular weight is 318 g/mol. The predicted octanol–water partition coefficient (Wildman–Crippen LogP) is 4.65. The normalized spacial score (nSPS) is 20.9. The van der Waals surface area contributed by atoms with Crippen molar-refractivity contribution in [2.75, 3.05) is 5.73 Å². The van der Waals surface area contributed by atoms with Crippen LogP contribution >= 0.6 is 23.2 Å². The van der Waals surface area contributed by atoms with Gasteiger partial charge in [0.05, 0.1) is 21.1 Å². The number of halogens is 2. The lowest BCUT2D eigenvalue weighted by atomic mass is 10.1. The highest BCUT2D eigenvalue weighted by Crippen LogP contribution is 2.53. The van der Waals surface area contributed by atoms with Crippen LogP contribution < -0.4 is 5.73 Å². The van der Waals surface area contributed by atoms with E-state index in [1.54, 1.807) is 6.07 Å². The van der Waals surface area contributed by atoms with E-state index >= 15 is 0 Å². The lowest BCUT2D eigenvalue weighted by Gasteiger charge is -2.07. The number of hydrogen-bond acceptors (Lipinski definition) is 2. The van der Waals surface area contributed by atoms with Crippen LogP contribution in [0.4, 0.5) is 5.95 Å². The Balaban J connectivity index is 1.78. The number of benzene rings is 2. The quantitative estimate of drug-likeness (QED) is 0.747. The Kier molecular flexibility index (Phi) is 2.88. The number of hydrogen-bond donors (Lipinski definition) is 1. The molecular formula is C16H13Cl2N3. The minimum absolute atomic E-state index is 0.342. The fraction of sp³-hybridized carbons (Fsp3) is 0.188. The van der Waals surface area contributed by atoms with Crippen molar-refractivity contribution in [3.63, 3.8) is 0 Å². The minimum atomic E-state index is 0.342. The van der Waals surface area contributed by atoms with Gasteiger partial charge in [-0.2, -0.15) is 0 Å². The Hall–Kier alpha value is -1.71.